The Kier molecular flexibility index (Phi) is 5.25. The van der Waals surface area contributed by atoms with Crippen molar-refractivity contribution in [2.75, 3.05) is 0 Å². The molecule has 126 valence electrons. The molecule has 24 heavy (non-hydrogen) atoms. The Bertz CT molecular complexity index is 706. The van der Waals surface area contributed by atoms with E-state index in [1.54, 1.807) is 18.6 Å². The maximum Gasteiger partial charge on any atom is 0.253 e. The maximum atomic E-state index is 13.1. The van der Waals surface area contributed by atoms with Crippen molar-refractivity contribution in [1.82, 2.24) is 15.3 Å². The van der Waals surface area contributed by atoms with E-state index in [0.29, 0.717) is 5.88 Å². The summed E-state index contributed by atoms with van der Waals surface area (Å²) in [5.41, 5.74) is 0.288. The molecule has 1 fully saturated rings. The lowest BCUT2D eigenvalue weighted by Crippen LogP contribution is -2.39. The fourth-order valence-corrected chi connectivity index (χ4v) is 3.03. The highest BCUT2D eigenvalue weighted by atomic mass is 35.5. The van der Waals surface area contributed by atoms with Gasteiger partial charge in [0.1, 0.15) is 11.9 Å². The van der Waals surface area contributed by atoms with Crippen molar-refractivity contribution in [2.45, 2.75) is 37.8 Å². The summed E-state index contributed by atoms with van der Waals surface area (Å²) in [4.78, 5) is 20.3. The molecular formula is C17H17ClFN3O2. The van der Waals surface area contributed by atoms with Crippen molar-refractivity contribution < 1.29 is 13.9 Å². The van der Waals surface area contributed by atoms with E-state index in [4.69, 9.17) is 16.3 Å². The molecule has 1 aliphatic carbocycles. The highest BCUT2D eigenvalue weighted by Crippen LogP contribution is 2.23. The Hall–Kier alpha value is -2.21. The first-order valence-electron chi connectivity index (χ1n) is 7.80. The normalized spacial score (nSPS) is 20.4. The number of hydrogen-bond donors (Lipinski definition) is 1. The van der Waals surface area contributed by atoms with Gasteiger partial charge in [0.2, 0.25) is 5.88 Å². The van der Waals surface area contributed by atoms with Gasteiger partial charge in [0, 0.05) is 18.4 Å². The van der Waals surface area contributed by atoms with Gasteiger partial charge in [-0.3, -0.25) is 9.78 Å². The van der Waals surface area contributed by atoms with Gasteiger partial charge in [-0.25, -0.2) is 9.37 Å². The van der Waals surface area contributed by atoms with Crippen LogP contribution in [0, 0.1) is 5.82 Å². The molecule has 0 saturated heterocycles. The van der Waals surface area contributed by atoms with Gasteiger partial charge in [-0.15, -0.1) is 0 Å². The minimum absolute atomic E-state index is 0.0559. The minimum Gasteiger partial charge on any atom is -0.473 e. The molecule has 1 N–H and O–H groups in total. The van der Waals surface area contributed by atoms with Crippen LogP contribution in [0.5, 0.6) is 5.88 Å². The number of carbonyl (C=O) groups is 1. The minimum atomic E-state index is -0.460. The predicted octanol–water partition coefficient (Wildman–Crippen LogP) is 3.39. The topological polar surface area (TPSA) is 64.1 Å². The van der Waals surface area contributed by atoms with Crippen molar-refractivity contribution in [3.8, 4) is 5.88 Å². The van der Waals surface area contributed by atoms with Crippen molar-refractivity contribution in [2.24, 2.45) is 0 Å². The molecule has 1 aromatic heterocycles. The number of nitrogens with one attached hydrogen (secondary N) is 1. The first-order chi connectivity index (χ1) is 11.6. The van der Waals surface area contributed by atoms with Crippen LogP contribution in [0.4, 0.5) is 4.39 Å². The Morgan fingerprint density at radius 1 is 1.25 bits per heavy atom. The van der Waals surface area contributed by atoms with E-state index in [2.05, 4.69) is 15.3 Å². The van der Waals surface area contributed by atoms with Crippen molar-refractivity contribution >= 4 is 17.5 Å². The molecule has 1 heterocycles. The van der Waals surface area contributed by atoms with Gasteiger partial charge in [-0.05, 0) is 43.9 Å². The molecule has 3 rings (SSSR count). The molecule has 1 saturated carbocycles. The number of rotatable bonds is 4. The predicted molar refractivity (Wildman–Crippen MR) is 87.6 cm³/mol. The number of aromatic nitrogens is 2. The van der Waals surface area contributed by atoms with E-state index < -0.39 is 5.82 Å². The van der Waals surface area contributed by atoms with Gasteiger partial charge < -0.3 is 10.1 Å². The standard InChI is InChI=1S/C17H17ClFN3O2/c18-15-9-11(19)1-6-14(15)17(23)22-12-2-4-13(5-3-12)24-16-10-20-7-8-21-16/h1,6-10,12-13H,2-5H2,(H,22,23). The van der Waals surface area contributed by atoms with Gasteiger partial charge in [0.25, 0.3) is 5.91 Å². The molecule has 0 unspecified atom stereocenters. The smallest absolute Gasteiger partial charge is 0.253 e. The summed E-state index contributed by atoms with van der Waals surface area (Å²) >= 11 is 5.92. The van der Waals surface area contributed by atoms with Crippen molar-refractivity contribution in [3.05, 3.63) is 53.2 Å². The molecule has 0 radical (unpaired) electrons. The Morgan fingerprint density at radius 3 is 2.71 bits per heavy atom. The van der Waals surface area contributed by atoms with Crippen LogP contribution in [-0.4, -0.2) is 28.0 Å². The average molecular weight is 350 g/mol. The summed E-state index contributed by atoms with van der Waals surface area (Å²) in [5.74, 6) is -0.223. The lowest BCUT2D eigenvalue weighted by molar-refractivity contribution is 0.0890. The largest absolute Gasteiger partial charge is 0.473 e. The molecule has 0 bridgehead atoms. The van der Waals surface area contributed by atoms with E-state index in [-0.39, 0.29) is 28.6 Å². The van der Waals surface area contributed by atoms with Crippen LogP contribution in [0.3, 0.4) is 0 Å². The number of ether oxygens (including phenoxy) is 1. The highest BCUT2D eigenvalue weighted by Gasteiger charge is 2.24. The summed E-state index contributed by atoms with van der Waals surface area (Å²) in [6.07, 6.45) is 8.09. The third kappa shape index (κ3) is 4.20. The van der Waals surface area contributed by atoms with Gasteiger partial charge in [-0.1, -0.05) is 11.6 Å². The SMILES string of the molecule is O=C(NC1CCC(Oc2cnccn2)CC1)c1ccc(F)cc1Cl. The van der Waals surface area contributed by atoms with Crippen molar-refractivity contribution in [3.63, 3.8) is 0 Å². The third-order valence-corrected chi connectivity index (χ3v) is 4.32. The van der Waals surface area contributed by atoms with E-state index >= 15 is 0 Å². The second-order valence-electron chi connectivity index (χ2n) is 5.73. The summed E-state index contributed by atoms with van der Waals surface area (Å²) in [7, 11) is 0. The van der Waals surface area contributed by atoms with Crippen LogP contribution in [0.15, 0.2) is 36.8 Å². The van der Waals surface area contributed by atoms with Gasteiger partial charge in [0.05, 0.1) is 16.8 Å². The lowest BCUT2D eigenvalue weighted by atomic mass is 9.92. The zero-order valence-electron chi connectivity index (χ0n) is 12.9. The molecule has 7 heteroatoms. The Morgan fingerprint density at radius 2 is 2.04 bits per heavy atom. The highest BCUT2D eigenvalue weighted by molar-refractivity contribution is 6.33. The first-order valence-corrected chi connectivity index (χ1v) is 8.18. The summed E-state index contributed by atoms with van der Waals surface area (Å²) in [6, 6.07) is 3.82. The van der Waals surface area contributed by atoms with Crippen LogP contribution >= 0.6 is 11.6 Å². The average Bonchev–Trinajstić information content (AvgIpc) is 2.57. The molecular weight excluding hydrogens is 333 g/mol. The van der Waals surface area contributed by atoms with Crippen LogP contribution in [0.1, 0.15) is 36.0 Å². The molecule has 5 nitrogen and oxygen atoms in total. The number of amides is 1. The summed E-state index contributed by atoms with van der Waals surface area (Å²) in [5, 5.41) is 3.07. The number of nitrogens with zero attached hydrogens (tertiary/aromatic N) is 2. The number of hydrogen-bond acceptors (Lipinski definition) is 4. The summed E-state index contributed by atoms with van der Waals surface area (Å²) in [6.45, 7) is 0. The quantitative estimate of drug-likeness (QED) is 0.919. The molecule has 1 amide bonds. The monoisotopic (exact) mass is 349 g/mol. The molecule has 0 aliphatic heterocycles. The molecule has 2 aromatic rings. The second kappa shape index (κ2) is 7.57. The van der Waals surface area contributed by atoms with Crippen molar-refractivity contribution in [1.29, 1.82) is 0 Å². The zero-order valence-corrected chi connectivity index (χ0v) is 13.7. The molecule has 0 atom stereocenters. The van der Waals surface area contributed by atoms with Crippen LogP contribution in [-0.2, 0) is 0 Å². The molecule has 1 aromatic carbocycles. The summed E-state index contributed by atoms with van der Waals surface area (Å²) < 4.78 is 18.8. The first kappa shape index (κ1) is 16.6. The fraction of sp³-hybridized carbons (Fsp3) is 0.353. The third-order valence-electron chi connectivity index (χ3n) is 4.01. The number of carbonyl (C=O) groups excluding carboxylic acids is 1. The molecule has 1 aliphatic rings. The lowest BCUT2D eigenvalue weighted by Gasteiger charge is -2.29. The van der Waals surface area contributed by atoms with Gasteiger partial charge >= 0.3 is 0 Å². The Balaban J connectivity index is 1.51. The molecule has 0 spiro atoms. The van der Waals surface area contributed by atoms with Crippen LogP contribution in [0.2, 0.25) is 5.02 Å². The van der Waals surface area contributed by atoms with E-state index in [9.17, 15) is 9.18 Å². The van der Waals surface area contributed by atoms with E-state index in [0.717, 1.165) is 31.7 Å². The second-order valence-corrected chi connectivity index (χ2v) is 6.14. The van der Waals surface area contributed by atoms with E-state index in [1.807, 2.05) is 0 Å². The zero-order chi connectivity index (χ0) is 16.9. The maximum absolute atomic E-state index is 13.1. The number of halogens is 2. The van der Waals surface area contributed by atoms with E-state index in [1.165, 1.54) is 12.1 Å². The van der Waals surface area contributed by atoms with Crippen LogP contribution < -0.4 is 10.1 Å². The Labute approximate surface area is 144 Å². The fourth-order valence-electron chi connectivity index (χ4n) is 2.78. The van der Waals surface area contributed by atoms with Crippen LogP contribution in [0.25, 0.3) is 0 Å². The van der Waals surface area contributed by atoms with Gasteiger partial charge in [0.15, 0.2) is 0 Å². The van der Waals surface area contributed by atoms with Gasteiger partial charge in [-0.2, -0.15) is 0 Å². The number of benzene rings is 1.